The summed E-state index contributed by atoms with van der Waals surface area (Å²) in [6.07, 6.45) is 2.03. The Hall–Kier alpha value is -1.35. The van der Waals surface area contributed by atoms with E-state index in [4.69, 9.17) is 4.84 Å². The Labute approximate surface area is 102 Å². The van der Waals surface area contributed by atoms with Crippen LogP contribution >= 0.6 is 0 Å². The lowest BCUT2D eigenvalue weighted by Gasteiger charge is -2.19. The van der Waals surface area contributed by atoms with Gasteiger partial charge in [0.15, 0.2) is 0 Å². The molecule has 1 aliphatic rings. The monoisotopic (exact) mass is 233 g/mol. The number of carbonyl (C=O) groups excluding carboxylic acids is 1. The van der Waals surface area contributed by atoms with Crippen molar-refractivity contribution in [1.29, 1.82) is 0 Å². The highest BCUT2D eigenvalue weighted by atomic mass is 16.7. The second-order valence-electron chi connectivity index (χ2n) is 4.93. The highest BCUT2D eigenvalue weighted by molar-refractivity contribution is 6.05. The Morgan fingerprint density at radius 1 is 1.29 bits per heavy atom. The van der Waals surface area contributed by atoms with Crippen molar-refractivity contribution in [3.8, 4) is 0 Å². The van der Waals surface area contributed by atoms with Crippen LogP contribution in [0.4, 0.5) is 5.69 Å². The van der Waals surface area contributed by atoms with E-state index < -0.39 is 5.41 Å². The number of hydrogen-bond donors (Lipinski definition) is 0. The summed E-state index contributed by atoms with van der Waals surface area (Å²) < 4.78 is 0. The first kappa shape index (κ1) is 12.1. The maximum Gasteiger partial charge on any atom is 0.261 e. The minimum Gasteiger partial charge on any atom is -0.271 e. The van der Waals surface area contributed by atoms with Crippen LogP contribution in [-0.2, 0) is 15.0 Å². The molecule has 0 spiro atoms. The number of carbonyl (C=O) groups is 1. The average Bonchev–Trinajstić information content (AvgIpc) is 2.51. The third-order valence-electron chi connectivity index (χ3n) is 3.23. The minimum atomic E-state index is -0.483. The summed E-state index contributed by atoms with van der Waals surface area (Å²) in [6.45, 7) is 6.58. The molecule has 1 heterocycles. The molecule has 0 aromatic heterocycles. The van der Waals surface area contributed by atoms with E-state index in [2.05, 4.69) is 6.92 Å². The molecule has 0 saturated carbocycles. The van der Waals surface area contributed by atoms with Crippen LogP contribution in [0.25, 0.3) is 0 Å². The molecular formula is C14H19NO2. The van der Waals surface area contributed by atoms with Crippen LogP contribution in [0.5, 0.6) is 0 Å². The van der Waals surface area contributed by atoms with Crippen molar-refractivity contribution < 1.29 is 9.63 Å². The fourth-order valence-corrected chi connectivity index (χ4v) is 2.09. The van der Waals surface area contributed by atoms with Crippen molar-refractivity contribution in [3.63, 3.8) is 0 Å². The molecule has 0 radical (unpaired) electrons. The highest BCUT2D eigenvalue weighted by Crippen LogP contribution is 2.41. The van der Waals surface area contributed by atoms with Crippen LogP contribution in [0.15, 0.2) is 24.3 Å². The van der Waals surface area contributed by atoms with Crippen molar-refractivity contribution in [2.75, 3.05) is 11.7 Å². The molecule has 0 saturated heterocycles. The van der Waals surface area contributed by atoms with Crippen LogP contribution in [0, 0.1) is 0 Å². The molecule has 1 aromatic carbocycles. The predicted molar refractivity (Wildman–Crippen MR) is 67.8 cm³/mol. The number of para-hydroxylation sites is 1. The number of fused-ring (bicyclic) bond motifs is 1. The van der Waals surface area contributed by atoms with Gasteiger partial charge < -0.3 is 0 Å². The zero-order valence-corrected chi connectivity index (χ0v) is 10.7. The molecule has 0 atom stereocenters. The number of hydroxylamine groups is 1. The van der Waals surface area contributed by atoms with E-state index in [1.54, 1.807) is 0 Å². The second kappa shape index (κ2) is 4.49. The molecule has 3 heteroatoms. The fraction of sp³-hybridized carbons (Fsp3) is 0.500. The Balaban J connectivity index is 2.27. The van der Waals surface area contributed by atoms with Gasteiger partial charge in [0.25, 0.3) is 5.91 Å². The van der Waals surface area contributed by atoms with E-state index in [1.165, 1.54) is 5.06 Å². The first-order valence-corrected chi connectivity index (χ1v) is 6.16. The number of rotatable bonds is 4. The van der Waals surface area contributed by atoms with Gasteiger partial charge in [-0.2, -0.15) is 5.06 Å². The normalized spacial score (nSPS) is 17.4. The minimum absolute atomic E-state index is 0.0230. The quantitative estimate of drug-likeness (QED) is 0.748. The number of nitrogens with zero attached hydrogens (tertiary/aromatic N) is 1. The van der Waals surface area contributed by atoms with Crippen LogP contribution in [0.1, 0.15) is 39.2 Å². The van der Waals surface area contributed by atoms with Crippen LogP contribution < -0.4 is 5.06 Å². The zero-order chi connectivity index (χ0) is 12.5. The number of benzene rings is 1. The Kier molecular flexibility index (Phi) is 3.20. The van der Waals surface area contributed by atoms with Gasteiger partial charge in [0, 0.05) is 0 Å². The van der Waals surface area contributed by atoms with Gasteiger partial charge in [0.1, 0.15) is 0 Å². The number of unbranched alkanes of at least 4 members (excludes halogenated alkanes) is 1. The van der Waals surface area contributed by atoms with Gasteiger partial charge in [-0.3, -0.25) is 9.63 Å². The molecule has 17 heavy (non-hydrogen) atoms. The van der Waals surface area contributed by atoms with Crippen molar-refractivity contribution in [1.82, 2.24) is 0 Å². The first-order valence-electron chi connectivity index (χ1n) is 6.16. The van der Waals surface area contributed by atoms with Gasteiger partial charge >= 0.3 is 0 Å². The maximum atomic E-state index is 12.3. The Bertz CT molecular complexity index is 426. The summed E-state index contributed by atoms with van der Waals surface area (Å²) in [5, 5.41) is 1.46. The summed E-state index contributed by atoms with van der Waals surface area (Å²) in [5.41, 5.74) is 1.45. The predicted octanol–water partition coefficient (Wildman–Crippen LogP) is 3.04. The molecule has 3 nitrogen and oxygen atoms in total. The SMILES string of the molecule is CCCCON1C(=O)C(C)(C)c2ccccc21. The van der Waals surface area contributed by atoms with Gasteiger partial charge in [-0.25, -0.2) is 0 Å². The van der Waals surface area contributed by atoms with E-state index in [0.29, 0.717) is 6.61 Å². The molecule has 92 valence electrons. The molecule has 1 aromatic rings. The van der Waals surface area contributed by atoms with Gasteiger partial charge in [-0.1, -0.05) is 31.5 Å². The number of amides is 1. The zero-order valence-electron chi connectivity index (χ0n) is 10.7. The smallest absolute Gasteiger partial charge is 0.261 e. The molecule has 0 bridgehead atoms. The van der Waals surface area contributed by atoms with Crippen molar-refractivity contribution in [2.24, 2.45) is 0 Å². The van der Waals surface area contributed by atoms with Crippen molar-refractivity contribution >= 4 is 11.6 Å². The summed E-state index contributed by atoms with van der Waals surface area (Å²) >= 11 is 0. The van der Waals surface area contributed by atoms with Crippen LogP contribution in [0.3, 0.4) is 0 Å². The third kappa shape index (κ3) is 1.95. The maximum absolute atomic E-state index is 12.3. The Morgan fingerprint density at radius 2 is 2.00 bits per heavy atom. The van der Waals surface area contributed by atoms with Gasteiger partial charge in [-0.15, -0.1) is 0 Å². The largest absolute Gasteiger partial charge is 0.271 e. The topological polar surface area (TPSA) is 29.5 Å². The van der Waals surface area contributed by atoms with Gasteiger partial charge in [-0.05, 0) is 31.9 Å². The van der Waals surface area contributed by atoms with Gasteiger partial charge in [0.2, 0.25) is 0 Å². The Morgan fingerprint density at radius 3 is 2.71 bits per heavy atom. The van der Waals surface area contributed by atoms with Crippen LogP contribution in [-0.4, -0.2) is 12.5 Å². The second-order valence-corrected chi connectivity index (χ2v) is 4.93. The summed E-state index contributed by atoms with van der Waals surface area (Å²) in [7, 11) is 0. The highest BCUT2D eigenvalue weighted by Gasteiger charge is 2.44. The lowest BCUT2D eigenvalue weighted by atomic mass is 9.86. The molecule has 2 rings (SSSR count). The molecule has 0 unspecified atom stereocenters. The molecule has 1 aliphatic heterocycles. The van der Waals surface area contributed by atoms with Crippen molar-refractivity contribution in [2.45, 2.75) is 39.0 Å². The standard InChI is InChI=1S/C14H19NO2/c1-4-5-10-17-15-12-9-7-6-8-11(12)14(2,3)13(15)16/h6-9H,4-5,10H2,1-3H3. The molecule has 0 fully saturated rings. The summed E-state index contributed by atoms with van der Waals surface area (Å²) in [5.74, 6) is 0.0230. The summed E-state index contributed by atoms with van der Waals surface area (Å²) in [6, 6.07) is 7.83. The van der Waals surface area contributed by atoms with E-state index in [0.717, 1.165) is 24.1 Å². The van der Waals surface area contributed by atoms with E-state index >= 15 is 0 Å². The van der Waals surface area contributed by atoms with E-state index in [1.807, 2.05) is 38.1 Å². The number of hydrogen-bond acceptors (Lipinski definition) is 2. The van der Waals surface area contributed by atoms with E-state index in [9.17, 15) is 4.79 Å². The van der Waals surface area contributed by atoms with E-state index in [-0.39, 0.29) is 5.91 Å². The molecule has 1 amide bonds. The lowest BCUT2D eigenvalue weighted by molar-refractivity contribution is -0.129. The first-order chi connectivity index (χ1) is 8.09. The molecule has 0 aliphatic carbocycles. The summed E-state index contributed by atoms with van der Waals surface area (Å²) in [4.78, 5) is 17.9. The van der Waals surface area contributed by atoms with Crippen molar-refractivity contribution in [3.05, 3.63) is 29.8 Å². The average molecular weight is 233 g/mol. The molecular weight excluding hydrogens is 214 g/mol. The van der Waals surface area contributed by atoms with Crippen LogP contribution in [0.2, 0.25) is 0 Å². The third-order valence-corrected chi connectivity index (χ3v) is 3.23. The lowest BCUT2D eigenvalue weighted by Crippen LogP contribution is -2.36. The molecule has 0 N–H and O–H groups in total. The fourth-order valence-electron chi connectivity index (χ4n) is 2.09. The van der Waals surface area contributed by atoms with Gasteiger partial charge in [0.05, 0.1) is 17.7 Å². The number of anilines is 1.